The molecule has 1 unspecified atom stereocenters. The van der Waals surface area contributed by atoms with Crippen LogP contribution in [0, 0.1) is 5.92 Å². The molecule has 18 heavy (non-hydrogen) atoms. The van der Waals surface area contributed by atoms with E-state index in [-0.39, 0.29) is 5.91 Å². The van der Waals surface area contributed by atoms with Crippen LogP contribution in [0.2, 0.25) is 5.02 Å². The van der Waals surface area contributed by atoms with Crippen molar-refractivity contribution < 1.29 is 4.79 Å². The summed E-state index contributed by atoms with van der Waals surface area (Å²) in [6, 6.07) is 3.31. The highest BCUT2D eigenvalue weighted by atomic mass is 35.5. The molecule has 2 rings (SSSR count). The lowest BCUT2D eigenvalue weighted by atomic mass is 9.96. The number of aromatic nitrogens is 1. The maximum absolute atomic E-state index is 11.8. The summed E-state index contributed by atoms with van der Waals surface area (Å²) in [5.74, 6) is 0.549. The Bertz CT molecular complexity index is 388. The van der Waals surface area contributed by atoms with E-state index in [1.807, 2.05) is 0 Å². The predicted octanol–water partition coefficient (Wildman–Crippen LogP) is 1.85. The first kappa shape index (κ1) is 13.3. The summed E-state index contributed by atoms with van der Waals surface area (Å²) in [5, 5.41) is 6.81. The lowest BCUT2D eigenvalue weighted by Gasteiger charge is -2.22. The van der Waals surface area contributed by atoms with Gasteiger partial charge < -0.3 is 10.6 Å². The molecule has 2 heterocycles. The molecule has 1 aliphatic rings. The van der Waals surface area contributed by atoms with Gasteiger partial charge in [0.1, 0.15) is 5.69 Å². The first-order chi connectivity index (χ1) is 8.75. The van der Waals surface area contributed by atoms with E-state index in [2.05, 4.69) is 15.6 Å². The van der Waals surface area contributed by atoms with Gasteiger partial charge in [-0.1, -0.05) is 11.6 Å². The highest BCUT2D eigenvalue weighted by Crippen LogP contribution is 2.13. The van der Waals surface area contributed by atoms with Crippen molar-refractivity contribution in [1.29, 1.82) is 0 Å². The number of rotatable bonds is 4. The van der Waals surface area contributed by atoms with Crippen LogP contribution in [-0.4, -0.2) is 30.5 Å². The molecule has 1 amide bonds. The fourth-order valence-electron chi connectivity index (χ4n) is 2.16. The number of halogens is 1. The van der Waals surface area contributed by atoms with Gasteiger partial charge in [0.05, 0.1) is 5.02 Å². The number of nitrogens with zero attached hydrogens (tertiary/aromatic N) is 1. The fraction of sp³-hybridized carbons (Fsp3) is 0.538. The summed E-state index contributed by atoms with van der Waals surface area (Å²) in [6.45, 7) is 2.89. The Hall–Kier alpha value is -1.13. The third-order valence-electron chi connectivity index (χ3n) is 3.20. The molecule has 0 spiro atoms. The third kappa shape index (κ3) is 3.96. The zero-order valence-corrected chi connectivity index (χ0v) is 11.0. The van der Waals surface area contributed by atoms with Gasteiger partial charge in [0.15, 0.2) is 0 Å². The highest BCUT2D eigenvalue weighted by molar-refractivity contribution is 6.30. The van der Waals surface area contributed by atoms with E-state index < -0.39 is 0 Å². The normalized spacial score (nSPS) is 19.5. The molecule has 1 atom stereocenters. The Morgan fingerprint density at radius 2 is 2.44 bits per heavy atom. The molecule has 4 nitrogen and oxygen atoms in total. The minimum atomic E-state index is -0.129. The van der Waals surface area contributed by atoms with Crippen molar-refractivity contribution in [2.75, 3.05) is 19.6 Å². The van der Waals surface area contributed by atoms with Crippen LogP contribution in [0.15, 0.2) is 18.3 Å². The second-order valence-electron chi connectivity index (χ2n) is 4.62. The molecule has 5 heteroatoms. The van der Waals surface area contributed by atoms with Crippen molar-refractivity contribution in [3.8, 4) is 0 Å². The molecular formula is C13H18ClN3O. The third-order valence-corrected chi connectivity index (χ3v) is 3.42. The smallest absolute Gasteiger partial charge is 0.269 e. The Kier molecular flexibility index (Phi) is 4.96. The molecule has 1 aromatic rings. The number of piperidine rings is 1. The first-order valence-electron chi connectivity index (χ1n) is 6.36. The van der Waals surface area contributed by atoms with Gasteiger partial charge in [0.25, 0.3) is 5.91 Å². The van der Waals surface area contributed by atoms with E-state index in [1.165, 1.54) is 19.0 Å². The molecule has 1 aliphatic heterocycles. The molecule has 0 saturated carbocycles. The molecule has 1 fully saturated rings. The number of hydrogen-bond acceptors (Lipinski definition) is 3. The molecule has 0 bridgehead atoms. The maximum Gasteiger partial charge on any atom is 0.269 e. The summed E-state index contributed by atoms with van der Waals surface area (Å²) < 4.78 is 0. The predicted molar refractivity (Wildman–Crippen MR) is 71.8 cm³/mol. The Balaban J connectivity index is 1.72. The van der Waals surface area contributed by atoms with Gasteiger partial charge in [-0.25, -0.2) is 4.98 Å². The van der Waals surface area contributed by atoms with Crippen LogP contribution >= 0.6 is 11.6 Å². The summed E-state index contributed by atoms with van der Waals surface area (Å²) in [5.41, 5.74) is 0.418. The Labute approximate surface area is 112 Å². The van der Waals surface area contributed by atoms with Crippen LogP contribution < -0.4 is 10.6 Å². The van der Waals surface area contributed by atoms with Gasteiger partial charge in [-0.2, -0.15) is 0 Å². The molecule has 98 valence electrons. The SMILES string of the molecule is O=C(NCCC1CCCNC1)c1ccc(Cl)cn1. The standard InChI is InChI=1S/C13H18ClN3O/c14-11-3-4-12(17-9-11)13(18)16-7-5-10-2-1-6-15-8-10/h3-4,9-10,15H,1-2,5-8H2,(H,16,18). The average Bonchev–Trinajstić information content (AvgIpc) is 2.40. The number of pyridine rings is 1. The van der Waals surface area contributed by atoms with E-state index in [0.29, 0.717) is 23.2 Å². The minimum Gasteiger partial charge on any atom is -0.351 e. The number of nitrogens with one attached hydrogen (secondary N) is 2. The number of carbonyl (C=O) groups excluding carboxylic acids is 1. The van der Waals surface area contributed by atoms with E-state index in [9.17, 15) is 4.79 Å². The van der Waals surface area contributed by atoms with Crippen molar-refractivity contribution >= 4 is 17.5 Å². The van der Waals surface area contributed by atoms with Crippen molar-refractivity contribution in [3.05, 3.63) is 29.0 Å². The highest BCUT2D eigenvalue weighted by Gasteiger charge is 2.13. The molecular weight excluding hydrogens is 250 g/mol. The van der Waals surface area contributed by atoms with Crippen LogP contribution in [-0.2, 0) is 0 Å². The van der Waals surface area contributed by atoms with Gasteiger partial charge >= 0.3 is 0 Å². The monoisotopic (exact) mass is 267 g/mol. The Morgan fingerprint density at radius 3 is 3.11 bits per heavy atom. The van der Waals surface area contributed by atoms with E-state index in [1.54, 1.807) is 12.1 Å². The van der Waals surface area contributed by atoms with E-state index in [4.69, 9.17) is 11.6 Å². The van der Waals surface area contributed by atoms with Gasteiger partial charge in [-0.15, -0.1) is 0 Å². The van der Waals surface area contributed by atoms with E-state index >= 15 is 0 Å². The topological polar surface area (TPSA) is 54.0 Å². The van der Waals surface area contributed by atoms with Crippen LogP contribution in [0.5, 0.6) is 0 Å². The first-order valence-corrected chi connectivity index (χ1v) is 6.74. The van der Waals surface area contributed by atoms with E-state index in [0.717, 1.165) is 19.5 Å². The molecule has 0 aromatic carbocycles. The minimum absolute atomic E-state index is 0.129. The van der Waals surface area contributed by atoms with Gasteiger partial charge in [0, 0.05) is 12.7 Å². The largest absolute Gasteiger partial charge is 0.351 e. The summed E-state index contributed by atoms with van der Waals surface area (Å²) in [7, 11) is 0. The van der Waals surface area contributed by atoms with Crippen LogP contribution in [0.1, 0.15) is 29.8 Å². The van der Waals surface area contributed by atoms with Crippen LogP contribution in [0.25, 0.3) is 0 Å². The summed E-state index contributed by atoms with van der Waals surface area (Å²) in [6.07, 6.45) is 4.99. The molecule has 1 saturated heterocycles. The lowest BCUT2D eigenvalue weighted by Crippen LogP contribution is -2.33. The number of hydrogen-bond donors (Lipinski definition) is 2. The number of carbonyl (C=O) groups is 1. The van der Waals surface area contributed by atoms with Crippen molar-refractivity contribution in [2.24, 2.45) is 5.92 Å². The van der Waals surface area contributed by atoms with Gasteiger partial charge in [-0.05, 0) is 50.4 Å². The Morgan fingerprint density at radius 1 is 1.56 bits per heavy atom. The molecule has 2 N–H and O–H groups in total. The summed E-state index contributed by atoms with van der Waals surface area (Å²) >= 11 is 5.72. The van der Waals surface area contributed by atoms with Gasteiger partial charge in [-0.3, -0.25) is 4.79 Å². The second-order valence-corrected chi connectivity index (χ2v) is 5.06. The summed E-state index contributed by atoms with van der Waals surface area (Å²) in [4.78, 5) is 15.8. The van der Waals surface area contributed by atoms with Gasteiger partial charge in [0.2, 0.25) is 0 Å². The molecule has 0 radical (unpaired) electrons. The lowest BCUT2D eigenvalue weighted by molar-refractivity contribution is 0.0945. The quantitative estimate of drug-likeness (QED) is 0.876. The zero-order chi connectivity index (χ0) is 12.8. The van der Waals surface area contributed by atoms with Crippen molar-refractivity contribution in [2.45, 2.75) is 19.3 Å². The van der Waals surface area contributed by atoms with Crippen molar-refractivity contribution in [1.82, 2.24) is 15.6 Å². The second kappa shape index (κ2) is 6.71. The molecule has 0 aliphatic carbocycles. The maximum atomic E-state index is 11.8. The molecule has 1 aromatic heterocycles. The zero-order valence-electron chi connectivity index (χ0n) is 10.3. The average molecular weight is 268 g/mol. The number of amides is 1. The van der Waals surface area contributed by atoms with Crippen LogP contribution in [0.3, 0.4) is 0 Å². The van der Waals surface area contributed by atoms with Crippen molar-refractivity contribution in [3.63, 3.8) is 0 Å². The van der Waals surface area contributed by atoms with Crippen LogP contribution in [0.4, 0.5) is 0 Å². The fourth-order valence-corrected chi connectivity index (χ4v) is 2.27.